The van der Waals surface area contributed by atoms with E-state index in [2.05, 4.69) is 4.98 Å². The molecule has 116 valence electrons. The summed E-state index contributed by atoms with van der Waals surface area (Å²) in [5, 5.41) is 10.7. The molecule has 1 N–H and O–H groups in total. The molecule has 0 saturated carbocycles. The highest BCUT2D eigenvalue weighted by atomic mass is 19.1. The van der Waals surface area contributed by atoms with E-state index in [-0.39, 0.29) is 23.0 Å². The van der Waals surface area contributed by atoms with E-state index in [0.717, 1.165) is 18.5 Å². The smallest absolute Gasteiger partial charge is 0.162 e. The van der Waals surface area contributed by atoms with Crippen LogP contribution >= 0.6 is 0 Å². The second-order valence-corrected chi connectivity index (χ2v) is 5.76. The average molecular weight is 303 g/mol. The van der Waals surface area contributed by atoms with E-state index in [9.17, 15) is 14.3 Å². The van der Waals surface area contributed by atoms with Gasteiger partial charge in [0.15, 0.2) is 5.78 Å². The molecular weight excluding hydrogens is 285 g/mol. The molecule has 0 bridgehead atoms. The first-order chi connectivity index (χ1) is 10.5. The van der Waals surface area contributed by atoms with Crippen LogP contribution in [0, 0.1) is 12.7 Å². The number of ether oxygens (including phenoxy) is 1. The largest absolute Gasteiger partial charge is 0.507 e. The highest BCUT2D eigenvalue weighted by Gasteiger charge is 2.24. The zero-order valence-corrected chi connectivity index (χ0v) is 12.6. The summed E-state index contributed by atoms with van der Waals surface area (Å²) in [6, 6.07) is 2.41. The van der Waals surface area contributed by atoms with Crippen molar-refractivity contribution in [3.63, 3.8) is 0 Å². The van der Waals surface area contributed by atoms with Crippen LogP contribution in [0.2, 0.25) is 0 Å². The van der Waals surface area contributed by atoms with Gasteiger partial charge in [-0.25, -0.2) is 4.39 Å². The number of nitrogens with zero attached hydrogens (tertiary/aromatic N) is 1. The Hall–Kier alpha value is -2.01. The number of pyridine rings is 1. The van der Waals surface area contributed by atoms with Gasteiger partial charge in [-0.3, -0.25) is 9.78 Å². The Labute approximate surface area is 127 Å². The predicted molar refractivity (Wildman–Crippen MR) is 80.9 cm³/mol. The number of benzene rings is 1. The number of hydrogen-bond donors (Lipinski definition) is 1. The lowest BCUT2D eigenvalue weighted by atomic mass is 9.91. The number of aromatic hydroxyl groups is 1. The maximum Gasteiger partial charge on any atom is 0.162 e. The number of aromatic nitrogens is 1. The summed E-state index contributed by atoms with van der Waals surface area (Å²) in [5.74, 6) is -0.617. The molecule has 1 aromatic heterocycles. The summed E-state index contributed by atoms with van der Waals surface area (Å²) >= 11 is 0. The molecule has 1 fully saturated rings. The van der Waals surface area contributed by atoms with Gasteiger partial charge >= 0.3 is 0 Å². The zero-order valence-electron chi connectivity index (χ0n) is 12.6. The zero-order chi connectivity index (χ0) is 15.9. The van der Waals surface area contributed by atoms with Gasteiger partial charge in [0.25, 0.3) is 0 Å². The summed E-state index contributed by atoms with van der Waals surface area (Å²) in [6.07, 6.45) is 1.66. The molecule has 1 aromatic carbocycles. The second-order valence-electron chi connectivity index (χ2n) is 5.76. The van der Waals surface area contributed by atoms with Crippen molar-refractivity contribution in [3.8, 4) is 5.75 Å². The van der Waals surface area contributed by atoms with Gasteiger partial charge in [-0.05, 0) is 38.8 Å². The van der Waals surface area contributed by atoms with Gasteiger partial charge in [-0.1, -0.05) is 0 Å². The molecular formula is C17H18FNO3. The van der Waals surface area contributed by atoms with Crippen LogP contribution in [0.15, 0.2) is 12.1 Å². The molecule has 1 aliphatic heterocycles. The number of carbonyl (C=O) groups is 1. The summed E-state index contributed by atoms with van der Waals surface area (Å²) in [6.45, 7) is 4.48. The molecule has 0 amide bonds. The minimum absolute atomic E-state index is 0.00786. The SMILES string of the molecule is CC(=O)c1cc(F)cc2c(O)c(C)c(C3CCOCC3)nc12. The molecule has 0 unspecified atom stereocenters. The van der Waals surface area contributed by atoms with Crippen molar-refractivity contribution in [2.45, 2.75) is 32.6 Å². The van der Waals surface area contributed by atoms with Crippen molar-refractivity contribution in [1.82, 2.24) is 4.98 Å². The second kappa shape index (κ2) is 5.65. The minimum atomic E-state index is -0.548. The van der Waals surface area contributed by atoms with Crippen LogP contribution in [0.4, 0.5) is 4.39 Å². The Balaban J connectivity index is 2.27. The lowest BCUT2D eigenvalue weighted by Crippen LogP contribution is -2.16. The van der Waals surface area contributed by atoms with Gasteiger partial charge in [0.1, 0.15) is 11.6 Å². The summed E-state index contributed by atoms with van der Waals surface area (Å²) in [7, 11) is 0. The van der Waals surface area contributed by atoms with Gasteiger partial charge in [0.2, 0.25) is 0 Å². The van der Waals surface area contributed by atoms with E-state index < -0.39 is 5.82 Å². The van der Waals surface area contributed by atoms with E-state index in [0.29, 0.717) is 29.7 Å². The van der Waals surface area contributed by atoms with Crippen molar-refractivity contribution in [1.29, 1.82) is 0 Å². The summed E-state index contributed by atoms with van der Waals surface area (Å²) < 4.78 is 19.1. The molecule has 0 spiro atoms. The average Bonchev–Trinajstić information content (AvgIpc) is 2.51. The van der Waals surface area contributed by atoms with E-state index in [4.69, 9.17) is 4.74 Å². The van der Waals surface area contributed by atoms with Crippen LogP contribution in [0.25, 0.3) is 10.9 Å². The molecule has 1 aliphatic rings. The van der Waals surface area contributed by atoms with Gasteiger partial charge in [0, 0.05) is 35.6 Å². The van der Waals surface area contributed by atoms with Crippen molar-refractivity contribution in [2.24, 2.45) is 0 Å². The topological polar surface area (TPSA) is 59.4 Å². The van der Waals surface area contributed by atoms with Crippen LogP contribution in [-0.4, -0.2) is 29.1 Å². The first-order valence-electron chi connectivity index (χ1n) is 7.40. The molecule has 0 radical (unpaired) electrons. The third-order valence-electron chi connectivity index (χ3n) is 4.29. The van der Waals surface area contributed by atoms with Crippen molar-refractivity contribution in [3.05, 3.63) is 34.8 Å². The molecule has 4 nitrogen and oxygen atoms in total. The fourth-order valence-corrected chi connectivity index (χ4v) is 3.06. The van der Waals surface area contributed by atoms with E-state index in [1.54, 1.807) is 6.92 Å². The van der Waals surface area contributed by atoms with Crippen LogP contribution in [0.5, 0.6) is 5.75 Å². The highest BCUT2D eigenvalue weighted by molar-refractivity contribution is 6.07. The van der Waals surface area contributed by atoms with Crippen molar-refractivity contribution in [2.75, 3.05) is 13.2 Å². The van der Waals surface area contributed by atoms with Gasteiger partial charge in [-0.15, -0.1) is 0 Å². The first-order valence-corrected chi connectivity index (χ1v) is 7.40. The third kappa shape index (κ3) is 2.46. The van der Waals surface area contributed by atoms with E-state index >= 15 is 0 Å². The number of ketones is 1. The maximum absolute atomic E-state index is 13.7. The Morgan fingerprint density at radius 3 is 2.68 bits per heavy atom. The van der Waals surface area contributed by atoms with Gasteiger partial charge in [0.05, 0.1) is 11.2 Å². The van der Waals surface area contributed by atoms with Crippen LogP contribution in [0.1, 0.15) is 47.3 Å². The quantitative estimate of drug-likeness (QED) is 0.863. The fraction of sp³-hybridized carbons (Fsp3) is 0.412. The Morgan fingerprint density at radius 2 is 2.05 bits per heavy atom. The van der Waals surface area contributed by atoms with E-state index in [1.165, 1.54) is 19.1 Å². The number of rotatable bonds is 2. The molecule has 0 atom stereocenters. The number of Topliss-reactive ketones (excluding diaryl/α,β-unsaturated/α-hetero) is 1. The maximum atomic E-state index is 13.7. The van der Waals surface area contributed by atoms with Crippen LogP contribution in [-0.2, 0) is 4.74 Å². The predicted octanol–water partition coefficient (Wildman–Crippen LogP) is 3.48. The third-order valence-corrected chi connectivity index (χ3v) is 4.29. The lowest BCUT2D eigenvalue weighted by Gasteiger charge is -2.24. The van der Waals surface area contributed by atoms with Crippen LogP contribution in [0.3, 0.4) is 0 Å². The Morgan fingerprint density at radius 1 is 1.36 bits per heavy atom. The highest BCUT2D eigenvalue weighted by Crippen LogP contribution is 2.37. The molecule has 2 heterocycles. The molecule has 5 heteroatoms. The lowest BCUT2D eigenvalue weighted by molar-refractivity contribution is 0.0843. The number of carbonyl (C=O) groups excluding carboxylic acids is 1. The first kappa shape index (κ1) is 14.9. The van der Waals surface area contributed by atoms with Crippen molar-refractivity contribution >= 4 is 16.7 Å². The Bertz CT molecular complexity index is 751. The molecule has 3 rings (SSSR count). The number of halogens is 1. The normalized spacial score (nSPS) is 16.1. The van der Waals surface area contributed by atoms with Crippen LogP contribution < -0.4 is 0 Å². The van der Waals surface area contributed by atoms with Gasteiger partial charge < -0.3 is 9.84 Å². The number of fused-ring (bicyclic) bond motifs is 1. The standard InChI is InChI=1S/C17H18FNO3/c1-9-15(11-3-5-22-6-4-11)19-16-13(10(2)20)7-12(18)8-14(16)17(9)21/h7-8,11H,3-6H2,1-2H3,(H,19,21). The van der Waals surface area contributed by atoms with E-state index in [1.807, 2.05) is 0 Å². The Kier molecular flexibility index (Phi) is 3.83. The van der Waals surface area contributed by atoms with Gasteiger partial charge in [-0.2, -0.15) is 0 Å². The van der Waals surface area contributed by atoms with Crippen molar-refractivity contribution < 1.29 is 19.0 Å². The fourth-order valence-electron chi connectivity index (χ4n) is 3.06. The number of hydrogen-bond acceptors (Lipinski definition) is 4. The summed E-state index contributed by atoms with van der Waals surface area (Å²) in [5.41, 5.74) is 2.01. The molecule has 2 aromatic rings. The monoisotopic (exact) mass is 303 g/mol. The molecule has 1 saturated heterocycles. The summed E-state index contributed by atoms with van der Waals surface area (Å²) in [4.78, 5) is 16.4. The minimum Gasteiger partial charge on any atom is -0.507 e. The molecule has 22 heavy (non-hydrogen) atoms. The molecule has 0 aliphatic carbocycles.